The Hall–Kier alpha value is -1.73. The molecule has 2 aromatic rings. The highest BCUT2D eigenvalue weighted by molar-refractivity contribution is 5.81. The Morgan fingerprint density at radius 1 is 1.16 bits per heavy atom. The van der Waals surface area contributed by atoms with Crippen LogP contribution in [0.15, 0.2) is 12.7 Å². The highest BCUT2D eigenvalue weighted by Gasteiger charge is 2.35. The number of hydrogen-bond acceptors (Lipinski definition) is 6. The molecular formula is C12H17N5O2. The molecule has 3 rings (SSSR count). The van der Waals surface area contributed by atoms with Gasteiger partial charge in [0.1, 0.15) is 11.8 Å². The molecule has 0 saturated heterocycles. The molecule has 2 aromatic heterocycles. The lowest BCUT2D eigenvalue weighted by atomic mass is 9.98. The van der Waals surface area contributed by atoms with Crippen LogP contribution in [0.4, 0.5) is 5.82 Å². The first-order valence-electron chi connectivity index (χ1n) is 6.39. The van der Waals surface area contributed by atoms with Gasteiger partial charge in [-0.3, -0.25) is 0 Å². The van der Waals surface area contributed by atoms with Crippen molar-refractivity contribution in [2.75, 3.05) is 18.9 Å². The first kappa shape index (κ1) is 12.3. The molecule has 0 bridgehead atoms. The van der Waals surface area contributed by atoms with Crippen LogP contribution in [0.5, 0.6) is 0 Å². The average molecular weight is 263 g/mol. The number of imidazole rings is 1. The predicted molar refractivity (Wildman–Crippen MR) is 69.2 cm³/mol. The fraction of sp³-hybridized carbons (Fsp3) is 0.583. The minimum absolute atomic E-state index is 0.103. The van der Waals surface area contributed by atoms with E-state index < -0.39 is 0 Å². The number of nitrogens with two attached hydrogens (primary N) is 1. The summed E-state index contributed by atoms with van der Waals surface area (Å²) in [5, 5.41) is 18.7. The summed E-state index contributed by atoms with van der Waals surface area (Å²) in [7, 11) is 0. The van der Waals surface area contributed by atoms with Crippen LogP contribution >= 0.6 is 0 Å². The number of fused-ring (bicyclic) bond motifs is 1. The van der Waals surface area contributed by atoms with Crippen molar-refractivity contribution in [3.63, 3.8) is 0 Å². The summed E-state index contributed by atoms with van der Waals surface area (Å²) in [6, 6.07) is 0.189. The molecule has 2 heterocycles. The maximum Gasteiger partial charge on any atom is 0.165 e. The van der Waals surface area contributed by atoms with Crippen molar-refractivity contribution < 1.29 is 10.2 Å². The van der Waals surface area contributed by atoms with Crippen LogP contribution in [0.3, 0.4) is 0 Å². The first-order chi connectivity index (χ1) is 9.24. The van der Waals surface area contributed by atoms with Crippen LogP contribution in [0, 0.1) is 11.8 Å². The largest absolute Gasteiger partial charge is 0.396 e. The van der Waals surface area contributed by atoms with Crippen LogP contribution in [-0.2, 0) is 0 Å². The number of rotatable bonds is 3. The Bertz CT molecular complexity index is 573. The summed E-state index contributed by atoms with van der Waals surface area (Å²) in [5.74, 6) is 0.637. The number of hydrogen-bond donors (Lipinski definition) is 3. The van der Waals surface area contributed by atoms with Crippen molar-refractivity contribution in [3.05, 3.63) is 12.7 Å². The predicted octanol–water partition coefficient (Wildman–Crippen LogP) is -0.0396. The normalized spacial score (nSPS) is 24.3. The minimum atomic E-state index is 0.103. The van der Waals surface area contributed by atoms with Gasteiger partial charge >= 0.3 is 0 Å². The quantitative estimate of drug-likeness (QED) is 0.716. The number of nitrogen functional groups attached to an aromatic ring is 1. The summed E-state index contributed by atoms with van der Waals surface area (Å²) in [5.41, 5.74) is 7.09. The van der Waals surface area contributed by atoms with Crippen LogP contribution < -0.4 is 5.73 Å². The lowest BCUT2D eigenvalue weighted by molar-refractivity contribution is 0.141. The van der Waals surface area contributed by atoms with Crippen LogP contribution in [0.2, 0.25) is 0 Å². The van der Waals surface area contributed by atoms with E-state index in [9.17, 15) is 10.2 Å². The molecule has 0 unspecified atom stereocenters. The number of nitrogens with zero attached hydrogens (tertiary/aromatic N) is 4. The molecular weight excluding hydrogens is 246 g/mol. The van der Waals surface area contributed by atoms with Crippen molar-refractivity contribution >= 4 is 17.0 Å². The Balaban J connectivity index is 1.95. The SMILES string of the molecule is Nc1ncnc2c1ncn2C1C[C@@H](CO)[C@H](CO)C1. The van der Waals surface area contributed by atoms with Gasteiger partial charge in [-0.1, -0.05) is 0 Å². The Kier molecular flexibility index (Phi) is 3.08. The third-order valence-electron chi connectivity index (χ3n) is 4.07. The molecule has 1 fully saturated rings. The molecule has 1 aliphatic rings. The molecule has 2 atom stereocenters. The van der Waals surface area contributed by atoms with Crippen LogP contribution in [-0.4, -0.2) is 42.9 Å². The van der Waals surface area contributed by atoms with Crippen LogP contribution in [0.1, 0.15) is 18.9 Å². The fourth-order valence-electron chi connectivity index (χ4n) is 2.99. The van der Waals surface area contributed by atoms with E-state index in [1.807, 2.05) is 4.57 Å². The summed E-state index contributed by atoms with van der Waals surface area (Å²) < 4.78 is 1.98. The van der Waals surface area contributed by atoms with Gasteiger partial charge in [-0.05, 0) is 24.7 Å². The van der Waals surface area contributed by atoms with E-state index in [1.54, 1.807) is 6.33 Å². The first-order valence-corrected chi connectivity index (χ1v) is 6.39. The number of aromatic nitrogens is 4. The van der Waals surface area contributed by atoms with Crippen molar-refractivity contribution in [1.82, 2.24) is 19.5 Å². The fourth-order valence-corrected chi connectivity index (χ4v) is 2.99. The maximum atomic E-state index is 9.36. The Labute approximate surface area is 110 Å². The molecule has 7 heteroatoms. The second-order valence-electron chi connectivity index (χ2n) is 5.09. The van der Waals surface area contributed by atoms with E-state index in [4.69, 9.17) is 5.73 Å². The smallest absolute Gasteiger partial charge is 0.165 e. The molecule has 1 saturated carbocycles. The molecule has 0 radical (unpaired) electrons. The van der Waals surface area contributed by atoms with Crippen LogP contribution in [0.25, 0.3) is 11.2 Å². The van der Waals surface area contributed by atoms with E-state index in [0.29, 0.717) is 17.0 Å². The molecule has 0 aromatic carbocycles. The monoisotopic (exact) mass is 263 g/mol. The zero-order valence-corrected chi connectivity index (χ0v) is 10.5. The average Bonchev–Trinajstić information content (AvgIpc) is 3.02. The lowest BCUT2D eigenvalue weighted by Gasteiger charge is -2.12. The molecule has 102 valence electrons. The van der Waals surface area contributed by atoms with Gasteiger partial charge in [0.2, 0.25) is 0 Å². The highest BCUT2D eigenvalue weighted by atomic mass is 16.3. The van der Waals surface area contributed by atoms with E-state index in [2.05, 4.69) is 15.0 Å². The number of aliphatic hydroxyl groups excluding tert-OH is 2. The molecule has 19 heavy (non-hydrogen) atoms. The van der Waals surface area contributed by atoms with Crippen molar-refractivity contribution in [1.29, 1.82) is 0 Å². The van der Waals surface area contributed by atoms with E-state index in [-0.39, 0.29) is 31.1 Å². The molecule has 4 N–H and O–H groups in total. The molecule has 0 aliphatic heterocycles. The van der Waals surface area contributed by atoms with E-state index >= 15 is 0 Å². The van der Waals surface area contributed by atoms with Gasteiger partial charge in [0, 0.05) is 19.3 Å². The lowest BCUT2D eigenvalue weighted by Crippen LogP contribution is -2.15. The van der Waals surface area contributed by atoms with E-state index in [1.165, 1.54) is 6.33 Å². The van der Waals surface area contributed by atoms with Gasteiger partial charge < -0.3 is 20.5 Å². The highest BCUT2D eigenvalue weighted by Crippen LogP contribution is 2.40. The third-order valence-corrected chi connectivity index (χ3v) is 4.07. The minimum Gasteiger partial charge on any atom is -0.396 e. The zero-order chi connectivity index (χ0) is 13.4. The second kappa shape index (κ2) is 4.75. The van der Waals surface area contributed by atoms with Crippen molar-refractivity contribution in [2.24, 2.45) is 11.8 Å². The molecule has 0 spiro atoms. The molecule has 7 nitrogen and oxygen atoms in total. The van der Waals surface area contributed by atoms with Gasteiger partial charge in [0.25, 0.3) is 0 Å². The second-order valence-corrected chi connectivity index (χ2v) is 5.09. The summed E-state index contributed by atoms with van der Waals surface area (Å²) in [4.78, 5) is 12.4. The topological polar surface area (TPSA) is 110 Å². The number of anilines is 1. The van der Waals surface area contributed by atoms with Crippen molar-refractivity contribution in [3.8, 4) is 0 Å². The number of aliphatic hydroxyl groups is 2. The van der Waals surface area contributed by atoms with Crippen molar-refractivity contribution in [2.45, 2.75) is 18.9 Å². The van der Waals surface area contributed by atoms with Gasteiger partial charge in [-0.25, -0.2) is 15.0 Å². The summed E-state index contributed by atoms with van der Waals surface area (Å²) in [6.45, 7) is 0.205. The third kappa shape index (κ3) is 1.95. The Morgan fingerprint density at radius 2 is 1.84 bits per heavy atom. The molecule has 1 aliphatic carbocycles. The van der Waals surface area contributed by atoms with Gasteiger partial charge in [0.05, 0.1) is 6.33 Å². The maximum absolute atomic E-state index is 9.36. The summed E-state index contributed by atoms with van der Waals surface area (Å²) >= 11 is 0. The zero-order valence-electron chi connectivity index (χ0n) is 10.5. The van der Waals surface area contributed by atoms with E-state index in [0.717, 1.165) is 12.8 Å². The Morgan fingerprint density at radius 3 is 2.47 bits per heavy atom. The van der Waals surface area contributed by atoms with Gasteiger partial charge in [-0.15, -0.1) is 0 Å². The summed E-state index contributed by atoms with van der Waals surface area (Å²) in [6.07, 6.45) is 4.78. The molecule has 0 amide bonds. The van der Waals surface area contributed by atoms with Gasteiger partial charge in [0.15, 0.2) is 11.5 Å². The standard InChI is InChI=1S/C12H17N5O2/c13-11-10-12(15-5-14-11)17(6-16-10)9-1-7(3-18)8(2-9)4-19/h5-9,18-19H,1-4H2,(H2,13,14,15)/t7-,8-/m0/s1. The van der Waals surface area contributed by atoms with Gasteiger partial charge in [-0.2, -0.15) is 0 Å².